The number of nitrogens with zero attached hydrogens (tertiary/aromatic N) is 2. The molecule has 6 nitrogen and oxygen atoms in total. The first-order chi connectivity index (χ1) is 18.5. The third-order valence-corrected chi connectivity index (χ3v) is 7.85. The Kier molecular flexibility index (Phi) is 7.94. The van der Waals surface area contributed by atoms with Gasteiger partial charge < -0.3 is 15.1 Å². The molecular formula is C31H31N3O3S. The molecule has 0 bridgehead atoms. The third kappa shape index (κ3) is 6.00. The summed E-state index contributed by atoms with van der Waals surface area (Å²) < 4.78 is 0. The van der Waals surface area contributed by atoms with Crippen LogP contribution < -0.4 is 10.2 Å². The lowest BCUT2D eigenvalue weighted by Gasteiger charge is -2.31. The van der Waals surface area contributed by atoms with Gasteiger partial charge in [-0.25, -0.2) is 0 Å². The van der Waals surface area contributed by atoms with E-state index < -0.39 is 0 Å². The fourth-order valence-electron chi connectivity index (χ4n) is 4.82. The molecule has 0 unspecified atom stereocenters. The van der Waals surface area contributed by atoms with E-state index in [0.29, 0.717) is 42.9 Å². The lowest BCUT2D eigenvalue weighted by molar-refractivity contribution is -0.127. The molecule has 5 rings (SSSR count). The predicted molar refractivity (Wildman–Crippen MR) is 152 cm³/mol. The molecule has 38 heavy (non-hydrogen) atoms. The van der Waals surface area contributed by atoms with Gasteiger partial charge in [0.25, 0.3) is 11.8 Å². The minimum atomic E-state index is -0.181. The van der Waals surface area contributed by atoms with Crippen LogP contribution >= 0.6 is 11.8 Å². The molecule has 3 amide bonds. The number of amides is 3. The first kappa shape index (κ1) is 25.8. The predicted octanol–water partition coefficient (Wildman–Crippen LogP) is 5.42. The normalized spacial score (nSPS) is 16.2. The molecule has 0 spiro atoms. The summed E-state index contributed by atoms with van der Waals surface area (Å²) in [5.41, 5.74) is 4.38. The fourth-order valence-corrected chi connectivity index (χ4v) is 5.86. The highest BCUT2D eigenvalue weighted by Crippen LogP contribution is 2.43. The van der Waals surface area contributed by atoms with E-state index in [2.05, 4.69) is 11.4 Å². The molecule has 2 heterocycles. The smallest absolute Gasteiger partial charge is 0.265 e. The van der Waals surface area contributed by atoms with Crippen LogP contribution in [0.15, 0.2) is 82.6 Å². The number of fused-ring (bicyclic) bond motifs is 1. The van der Waals surface area contributed by atoms with Crippen molar-refractivity contribution in [2.45, 2.75) is 37.6 Å². The number of anilines is 1. The largest absolute Gasteiger partial charge is 0.352 e. The molecule has 3 aromatic carbocycles. The van der Waals surface area contributed by atoms with E-state index in [4.69, 9.17) is 0 Å². The number of carbonyl (C=O) groups excluding carboxylic acids is 3. The Balaban J connectivity index is 1.37. The topological polar surface area (TPSA) is 69.7 Å². The van der Waals surface area contributed by atoms with Gasteiger partial charge in [-0.2, -0.15) is 0 Å². The van der Waals surface area contributed by atoms with Crippen LogP contribution in [0.5, 0.6) is 0 Å². The minimum absolute atomic E-state index is 0.0827. The van der Waals surface area contributed by atoms with Gasteiger partial charge in [-0.05, 0) is 55.2 Å². The van der Waals surface area contributed by atoms with Crippen LogP contribution in [0.1, 0.15) is 46.3 Å². The number of benzene rings is 3. The van der Waals surface area contributed by atoms with E-state index in [-0.39, 0.29) is 17.7 Å². The molecule has 194 valence electrons. The molecule has 0 aromatic heterocycles. The minimum Gasteiger partial charge on any atom is -0.352 e. The number of likely N-dealkylation sites (tertiary alicyclic amines) is 1. The Labute approximate surface area is 227 Å². The maximum Gasteiger partial charge on any atom is 0.265 e. The molecule has 3 aromatic rings. The number of carbonyl (C=O) groups is 3. The highest BCUT2D eigenvalue weighted by atomic mass is 32.2. The van der Waals surface area contributed by atoms with E-state index in [1.807, 2.05) is 84.6 Å². The van der Waals surface area contributed by atoms with Crippen LogP contribution in [0.2, 0.25) is 0 Å². The Morgan fingerprint density at radius 1 is 1.03 bits per heavy atom. The van der Waals surface area contributed by atoms with Crippen LogP contribution in [-0.4, -0.2) is 42.3 Å². The van der Waals surface area contributed by atoms with Crippen molar-refractivity contribution >= 4 is 41.2 Å². The second-order valence-corrected chi connectivity index (χ2v) is 10.8. The summed E-state index contributed by atoms with van der Waals surface area (Å²) >= 11 is 1.43. The number of thioether (sulfide) groups is 1. The molecule has 1 fully saturated rings. The lowest BCUT2D eigenvalue weighted by Crippen LogP contribution is -2.34. The first-order valence-corrected chi connectivity index (χ1v) is 13.8. The summed E-state index contributed by atoms with van der Waals surface area (Å²) in [6, 6.07) is 23.5. The molecule has 2 aliphatic heterocycles. The summed E-state index contributed by atoms with van der Waals surface area (Å²) in [6.45, 7) is 4.41. The fraction of sp³-hybridized carbons (Fsp3) is 0.258. The maximum absolute atomic E-state index is 13.7. The molecule has 0 radical (unpaired) electrons. The highest BCUT2D eigenvalue weighted by Gasteiger charge is 2.30. The van der Waals surface area contributed by atoms with Gasteiger partial charge in [0.2, 0.25) is 5.91 Å². The van der Waals surface area contributed by atoms with Crippen molar-refractivity contribution < 1.29 is 14.4 Å². The van der Waals surface area contributed by atoms with Crippen molar-refractivity contribution in [1.29, 1.82) is 0 Å². The molecule has 0 saturated carbocycles. The summed E-state index contributed by atoms with van der Waals surface area (Å²) in [5.74, 6) is -0.0672. The standard InChI is InChI=1S/C31H31N3O3S/c1-22-8-5-11-24(18-22)21-34-26-20-25(30(36)32-15-7-17-33-16-6-12-29(33)35)13-14-27(26)38-28(31(34)37)19-23-9-3-2-4-10-23/h2-5,8-11,13-14,18-20H,6-7,12,15-17,21H2,1H3,(H,32,36)/b28-19-. The molecule has 7 heteroatoms. The first-order valence-electron chi connectivity index (χ1n) is 13.0. The second-order valence-electron chi connectivity index (χ2n) is 9.68. The monoisotopic (exact) mass is 525 g/mol. The van der Waals surface area contributed by atoms with Crippen LogP contribution in [0.4, 0.5) is 5.69 Å². The van der Waals surface area contributed by atoms with Gasteiger partial charge in [0.1, 0.15) is 0 Å². The van der Waals surface area contributed by atoms with Crippen molar-refractivity contribution in [1.82, 2.24) is 10.2 Å². The van der Waals surface area contributed by atoms with Crippen molar-refractivity contribution in [2.75, 3.05) is 24.5 Å². The second kappa shape index (κ2) is 11.7. The van der Waals surface area contributed by atoms with Crippen LogP contribution in [0, 0.1) is 6.92 Å². The Bertz CT molecular complexity index is 1390. The van der Waals surface area contributed by atoms with Gasteiger partial charge >= 0.3 is 0 Å². The van der Waals surface area contributed by atoms with E-state index in [1.165, 1.54) is 11.8 Å². The Hall–Kier alpha value is -3.84. The molecule has 1 N–H and O–H groups in total. The zero-order valence-electron chi connectivity index (χ0n) is 21.5. The van der Waals surface area contributed by atoms with Crippen LogP contribution in [0.25, 0.3) is 6.08 Å². The third-order valence-electron chi connectivity index (χ3n) is 6.77. The van der Waals surface area contributed by atoms with E-state index >= 15 is 0 Å². The quantitative estimate of drug-likeness (QED) is 0.315. The average Bonchev–Trinajstić information content (AvgIpc) is 3.33. The summed E-state index contributed by atoms with van der Waals surface area (Å²) in [6.07, 6.45) is 4.17. The number of hydrogen-bond donors (Lipinski definition) is 1. The SMILES string of the molecule is Cc1cccc(CN2C(=O)/C(=C/c3ccccc3)Sc3ccc(C(=O)NCCCN4CCCC4=O)cc32)c1. The zero-order valence-corrected chi connectivity index (χ0v) is 22.3. The van der Waals surface area contributed by atoms with Gasteiger partial charge in [0.15, 0.2) is 0 Å². The van der Waals surface area contributed by atoms with Crippen molar-refractivity contribution in [3.63, 3.8) is 0 Å². The summed E-state index contributed by atoms with van der Waals surface area (Å²) in [4.78, 5) is 43.7. The van der Waals surface area contributed by atoms with Gasteiger partial charge in [-0.15, -0.1) is 0 Å². The Morgan fingerprint density at radius 2 is 1.87 bits per heavy atom. The van der Waals surface area contributed by atoms with Crippen molar-refractivity contribution in [2.24, 2.45) is 0 Å². The summed E-state index contributed by atoms with van der Waals surface area (Å²) in [7, 11) is 0. The molecule has 1 saturated heterocycles. The van der Waals surface area contributed by atoms with Crippen molar-refractivity contribution in [3.05, 3.63) is 100.0 Å². The van der Waals surface area contributed by atoms with Crippen LogP contribution in [0.3, 0.4) is 0 Å². The Morgan fingerprint density at radius 3 is 2.63 bits per heavy atom. The molecule has 0 atom stereocenters. The lowest BCUT2D eigenvalue weighted by atomic mass is 10.1. The number of nitrogens with one attached hydrogen (secondary N) is 1. The van der Waals surface area contributed by atoms with Crippen LogP contribution in [-0.2, 0) is 16.1 Å². The maximum atomic E-state index is 13.7. The van der Waals surface area contributed by atoms with E-state index in [0.717, 1.165) is 40.2 Å². The highest BCUT2D eigenvalue weighted by molar-refractivity contribution is 8.04. The van der Waals surface area contributed by atoms with Gasteiger partial charge in [-0.1, -0.05) is 71.9 Å². The molecule has 2 aliphatic rings. The number of aryl methyl sites for hydroxylation is 1. The van der Waals surface area contributed by atoms with Gasteiger partial charge in [0.05, 0.1) is 17.1 Å². The van der Waals surface area contributed by atoms with Gasteiger partial charge in [0, 0.05) is 36.5 Å². The van der Waals surface area contributed by atoms with E-state index in [9.17, 15) is 14.4 Å². The van der Waals surface area contributed by atoms with E-state index in [1.54, 1.807) is 4.90 Å². The zero-order chi connectivity index (χ0) is 26.5. The molecule has 0 aliphatic carbocycles. The molecular weight excluding hydrogens is 494 g/mol. The van der Waals surface area contributed by atoms with Gasteiger partial charge in [-0.3, -0.25) is 14.4 Å². The van der Waals surface area contributed by atoms with Crippen molar-refractivity contribution in [3.8, 4) is 0 Å². The summed E-state index contributed by atoms with van der Waals surface area (Å²) in [5, 5.41) is 2.97. The average molecular weight is 526 g/mol. The number of rotatable bonds is 8. The number of hydrogen-bond acceptors (Lipinski definition) is 4.